The molecular weight excluding hydrogens is 225 g/mol. The van der Waals surface area contributed by atoms with Gasteiger partial charge >= 0.3 is 0 Å². The summed E-state index contributed by atoms with van der Waals surface area (Å²) in [6.45, 7) is 0.503. The maximum absolute atomic E-state index is 5.46. The molecule has 0 saturated carbocycles. The number of nitrogens with two attached hydrogens (primary N) is 2. The number of aromatic nitrogens is 3. The zero-order chi connectivity index (χ0) is 8.55. The van der Waals surface area contributed by atoms with Crippen LogP contribution in [-0.2, 0) is 6.54 Å². The molecule has 0 fully saturated rings. The third kappa shape index (κ3) is 2.25. The van der Waals surface area contributed by atoms with Crippen LogP contribution in [0.25, 0.3) is 5.65 Å². The van der Waals surface area contributed by atoms with Crippen LogP contribution in [0.5, 0.6) is 0 Å². The predicted octanol–water partition coefficient (Wildman–Crippen LogP) is 0.614. The fourth-order valence-electron chi connectivity index (χ4n) is 1.07. The number of halogens is 2. The van der Waals surface area contributed by atoms with E-state index in [2.05, 4.69) is 10.1 Å². The zero-order valence-corrected chi connectivity index (χ0v) is 8.88. The van der Waals surface area contributed by atoms with Crippen LogP contribution in [0.2, 0.25) is 0 Å². The lowest BCUT2D eigenvalue weighted by atomic mass is 10.3. The van der Waals surface area contributed by atoms with E-state index in [-0.39, 0.29) is 30.8 Å². The third-order valence-electron chi connectivity index (χ3n) is 1.65. The van der Waals surface area contributed by atoms with Crippen LogP contribution < -0.4 is 11.5 Å². The fraction of sp³-hybridized carbons (Fsp3) is 0.143. The van der Waals surface area contributed by atoms with E-state index in [0.29, 0.717) is 6.54 Å². The molecule has 0 radical (unpaired) electrons. The van der Waals surface area contributed by atoms with Crippen molar-refractivity contribution in [2.45, 2.75) is 6.54 Å². The van der Waals surface area contributed by atoms with Gasteiger partial charge in [0.25, 0.3) is 0 Å². The van der Waals surface area contributed by atoms with E-state index in [0.717, 1.165) is 11.2 Å². The Morgan fingerprint density at radius 2 is 2.07 bits per heavy atom. The van der Waals surface area contributed by atoms with Gasteiger partial charge in [-0.1, -0.05) is 0 Å². The quantitative estimate of drug-likeness (QED) is 0.760. The van der Waals surface area contributed by atoms with E-state index < -0.39 is 0 Å². The van der Waals surface area contributed by atoms with Crippen molar-refractivity contribution in [1.82, 2.24) is 14.6 Å². The van der Waals surface area contributed by atoms with Gasteiger partial charge in [0.2, 0.25) is 5.95 Å². The van der Waals surface area contributed by atoms with Crippen LogP contribution in [-0.4, -0.2) is 14.6 Å². The number of hydrogen-bond acceptors (Lipinski definition) is 4. The highest BCUT2D eigenvalue weighted by Crippen LogP contribution is 2.05. The molecule has 0 saturated heterocycles. The van der Waals surface area contributed by atoms with Gasteiger partial charge in [-0.3, -0.25) is 0 Å². The fourth-order valence-corrected chi connectivity index (χ4v) is 1.07. The van der Waals surface area contributed by atoms with Crippen LogP contribution >= 0.6 is 24.8 Å². The van der Waals surface area contributed by atoms with E-state index in [1.165, 1.54) is 0 Å². The molecule has 0 amide bonds. The molecule has 78 valence electrons. The summed E-state index contributed by atoms with van der Waals surface area (Å²) >= 11 is 0. The Bertz CT molecular complexity index is 413. The van der Waals surface area contributed by atoms with Crippen molar-refractivity contribution < 1.29 is 0 Å². The monoisotopic (exact) mass is 235 g/mol. The van der Waals surface area contributed by atoms with Crippen molar-refractivity contribution in [3.63, 3.8) is 0 Å². The Morgan fingerprint density at radius 1 is 1.36 bits per heavy atom. The lowest BCUT2D eigenvalue weighted by Crippen LogP contribution is -1.97. The number of fused-ring (bicyclic) bond motifs is 1. The average molecular weight is 236 g/mol. The molecule has 2 heterocycles. The first-order chi connectivity index (χ1) is 5.79. The van der Waals surface area contributed by atoms with E-state index >= 15 is 0 Å². The first-order valence-corrected chi connectivity index (χ1v) is 3.60. The highest BCUT2D eigenvalue weighted by atomic mass is 35.5. The molecule has 0 atom stereocenters. The standard InChI is InChI=1S/C7H9N5.2ClH/c8-4-5-1-2-12-6(3-5)10-7(9)11-12;;/h1-3H,4,8H2,(H2,9,11);2*1H. The Labute approximate surface area is 93.3 Å². The van der Waals surface area contributed by atoms with Gasteiger partial charge in [0.15, 0.2) is 5.65 Å². The molecule has 0 aliphatic rings. The van der Waals surface area contributed by atoms with Gasteiger partial charge in [-0.2, -0.15) is 4.98 Å². The highest BCUT2D eigenvalue weighted by Gasteiger charge is 1.99. The van der Waals surface area contributed by atoms with Gasteiger partial charge in [0, 0.05) is 12.7 Å². The summed E-state index contributed by atoms with van der Waals surface area (Å²) in [6.07, 6.45) is 1.79. The Morgan fingerprint density at radius 3 is 2.71 bits per heavy atom. The number of hydrogen-bond donors (Lipinski definition) is 2. The SMILES string of the molecule is Cl.Cl.NCc1ccn2nc(N)nc2c1. The molecule has 0 aliphatic carbocycles. The van der Waals surface area contributed by atoms with Gasteiger partial charge < -0.3 is 11.5 Å². The molecule has 4 N–H and O–H groups in total. The maximum atomic E-state index is 5.46. The minimum absolute atomic E-state index is 0. The molecule has 0 spiro atoms. The topological polar surface area (TPSA) is 82.2 Å². The number of anilines is 1. The number of rotatable bonds is 1. The summed E-state index contributed by atoms with van der Waals surface area (Å²) < 4.78 is 1.62. The molecule has 7 heteroatoms. The minimum atomic E-state index is 0. The largest absolute Gasteiger partial charge is 0.366 e. The lowest BCUT2D eigenvalue weighted by Gasteiger charge is -1.94. The molecule has 5 nitrogen and oxygen atoms in total. The molecule has 0 unspecified atom stereocenters. The summed E-state index contributed by atoms with van der Waals surface area (Å²) in [5.41, 5.74) is 12.6. The number of nitrogens with zero attached hydrogens (tertiary/aromatic N) is 3. The third-order valence-corrected chi connectivity index (χ3v) is 1.65. The zero-order valence-electron chi connectivity index (χ0n) is 7.25. The summed E-state index contributed by atoms with van der Waals surface area (Å²) in [5.74, 6) is 0.282. The Kier molecular flexibility index (Phi) is 4.62. The van der Waals surface area contributed by atoms with Crippen LogP contribution in [0.15, 0.2) is 18.3 Å². The van der Waals surface area contributed by atoms with E-state index in [1.807, 2.05) is 12.1 Å². The second-order valence-electron chi connectivity index (χ2n) is 2.51. The Hall–Kier alpha value is -1.04. The molecular formula is C7H11Cl2N5. The van der Waals surface area contributed by atoms with Crippen molar-refractivity contribution in [2.24, 2.45) is 5.73 Å². The van der Waals surface area contributed by atoms with Gasteiger partial charge in [-0.15, -0.1) is 29.9 Å². The molecule has 0 aliphatic heterocycles. The summed E-state index contributed by atoms with van der Waals surface area (Å²) in [7, 11) is 0. The van der Waals surface area contributed by atoms with Gasteiger partial charge in [0.05, 0.1) is 0 Å². The molecule has 2 aromatic rings. The molecule has 0 aromatic carbocycles. The first-order valence-electron chi connectivity index (χ1n) is 3.60. The summed E-state index contributed by atoms with van der Waals surface area (Å²) in [6, 6.07) is 3.75. The maximum Gasteiger partial charge on any atom is 0.240 e. The normalized spacial score (nSPS) is 9.21. The van der Waals surface area contributed by atoms with Gasteiger partial charge in [-0.05, 0) is 17.7 Å². The van der Waals surface area contributed by atoms with Crippen LogP contribution in [0.1, 0.15) is 5.56 Å². The van der Waals surface area contributed by atoms with Crippen LogP contribution in [0.3, 0.4) is 0 Å². The smallest absolute Gasteiger partial charge is 0.240 e. The molecule has 2 rings (SSSR count). The second kappa shape index (κ2) is 4.99. The van der Waals surface area contributed by atoms with Crippen molar-refractivity contribution in [3.05, 3.63) is 23.9 Å². The van der Waals surface area contributed by atoms with Gasteiger partial charge in [0.1, 0.15) is 0 Å². The van der Waals surface area contributed by atoms with E-state index in [4.69, 9.17) is 11.5 Å². The average Bonchev–Trinajstić information content (AvgIpc) is 2.43. The minimum Gasteiger partial charge on any atom is -0.366 e. The first kappa shape index (κ1) is 13.0. The molecule has 14 heavy (non-hydrogen) atoms. The van der Waals surface area contributed by atoms with Crippen molar-refractivity contribution in [1.29, 1.82) is 0 Å². The number of pyridine rings is 1. The van der Waals surface area contributed by atoms with Gasteiger partial charge in [-0.25, -0.2) is 4.52 Å². The van der Waals surface area contributed by atoms with Crippen LogP contribution in [0, 0.1) is 0 Å². The van der Waals surface area contributed by atoms with E-state index in [1.54, 1.807) is 10.7 Å². The number of nitrogen functional groups attached to an aromatic ring is 1. The second-order valence-corrected chi connectivity index (χ2v) is 2.51. The predicted molar refractivity (Wildman–Crippen MR) is 59.8 cm³/mol. The Balaban J connectivity index is 0.000000845. The van der Waals surface area contributed by atoms with E-state index in [9.17, 15) is 0 Å². The highest BCUT2D eigenvalue weighted by molar-refractivity contribution is 5.85. The van der Waals surface area contributed by atoms with Crippen molar-refractivity contribution >= 4 is 36.4 Å². The van der Waals surface area contributed by atoms with Crippen molar-refractivity contribution in [2.75, 3.05) is 5.73 Å². The molecule has 2 aromatic heterocycles. The van der Waals surface area contributed by atoms with Crippen LogP contribution in [0.4, 0.5) is 5.95 Å². The summed E-state index contributed by atoms with van der Waals surface area (Å²) in [4.78, 5) is 4.00. The van der Waals surface area contributed by atoms with Crippen molar-refractivity contribution in [3.8, 4) is 0 Å². The summed E-state index contributed by atoms with van der Waals surface area (Å²) in [5, 5.41) is 3.93. The molecule has 0 bridgehead atoms. The lowest BCUT2D eigenvalue weighted by molar-refractivity contribution is 0.952.